The SMILES string of the molecule is CC(COCCNC(=O)OC(C)(C)C)n1cc(Br)cn1. The van der Waals surface area contributed by atoms with Crippen molar-refractivity contribution in [1.82, 2.24) is 15.1 Å². The fraction of sp³-hybridized carbons (Fsp3) is 0.692. The fourth-order valence-corrected chi connectivity index (χ4v) is 1.73. The minimum absolute atomic E-state index is 0.142. The molecule has 1 aromatic heterocycles. The van der Waals surface area contributed by atoms with Crippen molar-refractivity contribution in [1.29, 1.82) is 0 Å². The van der Waals surface area contributed by atoms with E-state index in [1.165, 1.54) is 0 Å². The lowest BCUT2D eigenvalue weighted by molar-refractivity contribution is 0.0488. The van der Waals surface area contributed by atoms with E-state index in [9.17, 15) is 4.79 Å². The second kappa shape index (κ2) is 7.64. The molecule has 1 amide bonds. The lowest BCUT2D eigenvalue weighted by Crippen LogP contribution is -2.34. The third-order valence-electron chi connectivity index (χ3n) is 2.30. The van der Waals surface area contributed by atoms with E-state index in [0.717, 1.165) is 4.47 Å². The summed E-state index contributed by atoms with van der Waals surface area (Å²) in [6.45, 7) is 8.88. The molecule has 1 rings (SSSR count). The quantitative estimate of drug-likeness (QED) is 0.803. The van der Waals surface area contributed by atoms with E-state index in [0.29, 0.717) is 19.8 Å². The lowest BCUT2D eigenvalue weighted by atomic mass is 10.2. The summed E-state index contributed by atoms with van der Waals surface area (Å²) in [6.07, 6.45) is 3.21. The first-order valence-electron chi connectivity index (χ1n) is 6.52. The van der Waals surface area contributed by atoms with Crippen LogP contribution in [-0.4, -0.2) is 41.2 Å². The molecule has 0 radical (unpaired) electrons. The zero-order valence-corrected chi connectivity index (χ0v) is 13.9. The van der Waals surface area contributed by atoms with Gasteiger partial charge in [0.25, 0.3) is 0 Å². The van der Waals surface area contributed by atoms with Gasteiger partial charge in [0, 0.05) is 12.7 Å². The van der Waals surface area contributed by atoms with Crippen molar-refractivity contribution in [3.63, 3.8) is 0 Å². The minimum Gasteiger partial charge on any atom is -0.444 e. The van der Waals surface area contributed by atoms with Crippen LogP contribution in [0.5, 0.6) is 0 Å². The van der Waals surface area contributed by atoms with Gasteiger partial charge in [0.2, 0.25) is 0 Å². The Balaban J connectivity index is 2.12. The van der Waals surface area contributed by atoms with Crippen LogP contribution in [0.2, 0.25) is 0 Å². The van der Waals surface area contributed by atoms with Gasteiger partial charge in [-0.25, -0.2) is 4.79 Å². The lowest BCUT2D eigenvalue weighted by Gasteiger charge is -2.19. The number of halogens is 1. The number of nitrogens with one attached hydrogen (secondary N) is 1. The molecule has 0 fully saturated rings. The Labute approximate surface area is 127 Å². The van der Waals surface area contributed by atoms with Gasteiger partial charge >= 0.3 is 6.09 Å². The number of ether oxygens (including phenoxy) is 2. The maximum atomic E-state index is 11.4. The van der Waals surface area contributed by atoms with Gasteiger partial charge in [-0.1, -0.05) is 0 Å². The predicted molar refractivity (Wildman–Crippen MR) is 79.7 cm³/mol. The van der Waals surface area contributed by atoms with Crippen LogP contribution >= 0.6 is 15.9 Å². The highest BCUT2D eigenvalue weighted by atomic mass is 79.9. The first kappa shape index (κ1) is 17.0. The van der Waals surface area contributed by atoms with E-state index in [4.69, 9.17) is 9.47 Å². The highest BCUT2D eigenvalue weighted by Crippen LogP contribution is 2.11. The van der Waals surface area contributed by atoms with Gasteiger partial charge in [-0.3, -0.25) is 4.68 Å². The van der Waals surface area contributed by atoms with Crippen molar-refractivity contribution in [2.45, 2.75) is 39.3 Å². The largest absolute Gasteiger partial charge is 0.444 e. The van der Waals surface area contributed by atoms with Crippen molar-refractivity contribution < 1.29 is 14.3 Å². The molecule has 1 aromatic rings. The van der Waals surface area contributed by atoms with Crippen molar-refractivity contribution in [2.24, 2.45) is 0 Å². The van der Waals surface area contributed by atoms with E-state index in [1.807, 2.05) is 38.6 Å². The summed E-state index contributed by atoms with van der Waals surface area (Å²) in [7, 11) is 0. The number of amides is 1. The second-order valence-corrected chi connectivity index (χ2v) is 6.41. The Morgan fingerprint density at radius 2 is 2.25 bits per heavy atom. The summed E-state index contributed by atoms with van der Waals surface area (Å²) >= 11 is 3.35. The molecule has 1 unspecified atom stereocenters. The molecule has 0 aliphatic rings. The molecule has 1 heterocycles. The third-order valence-corrected chi connectivity index (χ3v) is 2.70. The number of hydrogen-bond acceptors (Lipinski definition) is 4. The monoisotopic (exact) mass is 347 g/mol. The highest BCUT2D eigenvalue weighted by Gasteiger charge is 2.15. The second-order valence-electron chi connectivity index (χ2n) is 5.49. The number of hydrogen-bond donors (Lipinski definition) is 1. The summed E-state index contributed by atoms with van der Waals surface area (Å²) in [5.41, 5.74) is -0.479. The number of carbonyl (C=O) groups excluding carboxylic acids is 1. The van der Waals surface area contributed by atoms with Crippen molar-refractivity contribution in [3.8, 4) is 0 Å². The molecule has 0 bridgehead atoms. The summed E-state index contributed by atoms with van der Waals surface area (Å²) < 4.78 is 13.4. The molecule has 0 aromatic carbocycles. The Morgan fingerprint density at radius 3 is 2.80 bits per heavy atom. The van der Waals surface area contributed by atoms with Crippen molar-refractivity contribution in [2.75, 3.05) is 19.8 Å². The molecule has 114 valence electrons. The van der Waals surface area contributed by atoms with Gasteiger partial charge in [0.1, 0.15) is 5.60 Å². The molecule has 20 heavy (non-hydrogen) atoms. The van der Waals surface area contributed by atoms with Gasteiger partial charge in [0.15, 0.2) is 0 Å². The number of alkyl carbamates (subject to hydrolysis) is 1. The number of rotatable bonds is 6. The standard InChI is InChI=1S/C13H22BrN3O3/c1-10(17-8-11(14)7-16-17)9-19-6-5-15-12(18)20-13(2,3)4/h7-8,10H,5-6,9H2,1-4H3,(H,15,18). The minimum atomic E-state index is -0.479. The maximum Gasteiger partial charge on any atom is 0.407 e. The Hall–Kier alpha value is -1.08. The molecule has 0 saturated heterocycles. The molecule has 7 heteroatoms. The summed E-state index contributed by atoms with van der Waals surface area (Å²) in [4.78, 5) is 11.4. The summed E-state index contributed by atoms with van der Waals surface area (Å²) in [5.74, 6) is 0. The molecule has 0 spiro atoms. The Bertz CT molecular complexity index is 429. The molecule has 0 aliphatic carbocycles. The Morgan fingerprint density at radius 1 is 1.55 bits per heavy atom. The fourth-order valence-electron chi connectivity index (χ4n) is 1.43. The van der Waals surface area contributed by atoms with Crippen LogP contribution in [0.4, 0.5) is 4.79 Å². The normalized spacial score (nSPS) is 13.1. The number of aromatic nitrogens is 2. The van der Waals surface area contributed by atoms with Crippen molar-refractivity contribution >= 4 is 22.0 Å². The first-order chi connectivity index (χ1) is 9.28. The van der Waals surface area contributed by atoms with Gasteiger partial charge in [0.05, 0.1) is 29.9 Å². The average Bonchev–Trinajstić information content (AvgIpc) is 2.73. The van der Waals surface area contributed by atoms with Crippen molar-refractivity contribution in [3.05, 3.63) is 16.9 Å². The van der Waals surface area contributed by atoms with Gasteiger partial charge < -0.3 is 14.8 Å². The highest BCUT2D eigenvalue weighted by molar-refractivity contribution is 9.10. The van der Waals surface area contributed by atoms with E-state index < -0.39 is 11.7 Å². The van der Waals surface area contributed by atoms with E-state index in [1.54, 1.807) is 6.20 Å². The molecular weight excluding hydrogens is 326 g/mol. The van der Waals surface area contributed by atoms with E-state index in [2.05, 4.69) is 26.3 Å². The average molecular weight is 348 g/mol. The molecule has 6 nitrogen and oxygen atoms in total. The molecule has 0 saturated carbocycles. The first-order valence-corrected chi connectivity index (χ1v) is 7.31. The van der Waals surface area contributed by atoms with Crippen LogP contribution in [0.15, 0.2) is 16.9 Å². The maximum absolute atomic E-state index is 11.4. The van der Waals surface area contributed by atoms with Crippen LogP contribution in [0.25, 0.3) is 0 Å². The van der Waals surface area contributed by atoms with Crippen LogP contribution < -0.4 is 5.32 Å². The van der Waals surface area contributed by atoms with E-state index in [-0.39, 0.29) is 6.04 Å². The number of carbonyl (C=O) groups is 1. The smallest absolute Gasteiger partial charge is 0.407 e. The number of nitrogens with zero attached hydrogens (tertiary/aromatic N) is 2. The zero-order valence-electron chi connectivity index (χ0n) is 12.4. The Kier molecular flexibility index (Phi) is 6.48. The van der Waals surface area contributed by atoms with Gasteiger partial charge in [-0.15, -0.1) is 0 Å². The van der Waals surface area contributed by atoms with Gasteiger partial charge in [-0.2, -0.15) is 5.10 Å². The molecular formula is C13H22BrN3O3. The third kappa shape index (κ3) is 6.91. The molecule has 0 aliphatic heterocycles. The zero-order chi connectivity index (χ0) is 15.2. The van der Waals surface area contributed by atoms with Gasteiger partial charge in [-0.05, 0) is 43.6 Å². The van der Waals surface area contributed by atoms with Crippen LogP contribution in [0.3, 0.4) is 0 Å². The molecule has 1 N–H and O–H groups in total. The molecule has 1 atom stereocenters. The summed E-state index contributed by atoms with van der Waals surface area (Å²) in [5, 5.41) is 6.82. The van der Waals surface area contributed by atoms with Crippen LogP contribution in [0, 0.1) is 0 Å². The predicted octanol–water partition coefficient (Wildman–Crippen LogP) is 2.75. The van der Waals surface area contributed by atoms with Crippen LogP contribution in [0.1, 0.15) is 33.7 Å². The van der Waals surface area contributed by atoms with E-state index >= 15 is 0 Å². The summed E-state index contributed by atoms with van der Waals surface area (Å²) in [6, 6.07) is 0.142. The van der Waals surface area contributed by atoms with Crippen LogP contribution in [-0.2, 0) is 9.47 Å². The topological polar surface area (TPSA) is 65.4 Å².